The van der Waals surface area contributed by atoms with E-state index in [1.165, 1.54) is 0 Å². The Bertz CT molecular complexity index is 1320. The van der Waals surface area contributed by atoms with Crippen LogP contribution in [-0.4, -0.2) is 48.3 Å². The maximum Gasteiger partial charge on any atom is 0.263 e. The second-order valence-corrected chi connectivity index (χ2v) is 11.5. The second kappa shape index (κ2) is 10.3. The van der Waals surface area contributed by atoms with E-state index >= 15 is 0 Å². The molecule has 1 atom stereocenters. The highest BCUT2D eigenvalue weighted by Crippen LogP contribution is 2.32. The highest BCUT2D eigenvalue weighted by molar-refractivity contribution is 7.91. The summed E-state index contributed by atoms with van der Waals surface area (Å²) in [5, 5.41) is 8.08. The third-order valence-electron chi connectivity index (χ3n) is 5.57. The second-order valence-electron chi connectivity index (χ2n) is 8.85. The summed E-state index contributed by atoms with van der Waals surface area (Å²) in [6.07, 6.45) is 0.494. The van der Waals surface area contributed by atoms with Gasteiger partial charge in [-0.05, 0) is 75.2 Å². The minimum atomic E-state index is -3.14. The average Bonchev–Trinajstić information content (AvgIpc) is 3.37. The first-order valence-electron chi connectivity index (χ1n) is 11.4. The van der Waals surface area contributed by atoms with Gasteiger partial charge in [-0.1, -0.05) is 11.6 Å². The number of carbonyl (C=O) groups is 1. The van der Waals surface area contributed by atoms with E-state index < -0.39 is 9.84 Å². The first-order chi connectivity index (χ1) is 16.6. The van der Waals surface area contributed by atoms with Crippen molar-refractivity contribution in [3.8, 4) is 22.8 Å². The third-order valence-corrected chi connectivity index (χ3v) is 7.58. The van der Waals surface area contributed by atoms with E-state index in [4.69, 9.17) is 21.1 Å². The van der Waals surface area contributed by atoms with Gasteiger partial charge in [0.25, 0.3) is 5.91 Å². The Morgan fingerprint density at radius 2 is 1.94 bits per heavy atom. The van der Waals surface area contributed by atoms with Crippen LogP contribution in [0.2, 0.25) is 5.02 Å². The van der Waals surface area contributed by atoms with Gasteiger partial charge in [-0.2, -0.15) is 5.10 Å². The minimum absolute atomic E-state index is 0.0154. The number of anilines is 1. The molecule has 0 radical (unpaired) electrons. The zero-order valence-corrected chi connectivity index (χ0v) is 21.4. The Morgan fingerprint density at radius 3 is 2.57 bits per heavy atom. The number of carbonyl (C=O) groups excluding carboxylic acids is 1. The number of halogens is 1. The lowest BCUT2D eigenvalue weighted by Crippen LogP contribution is -2.23. The van der Waals surface area contributed by atoms with Crippen LogP contribution in [-0.2, 0) is 14.6 Å². The number of aromatic nitrogens is 2. The van der Waals surface area contributed by atoms with Gasteiger partial charge >= 0.3 is 0 Å². The van der Waals surface area contributed by atoms with Crippen LogP contribution in [0.1, 0.15) is 31.9 Å². The van der Waals surface area contributed by atoms with Crippen LogP contribution in [0.3, 0.4) is 0 Å². The van der Waals surface area contributed by atoms with Crippen LogP contribution in [0.25, 0.3) is 11.3 Å². The Morgan fingerprint density at radius 1 is 1.20 bits per heavy atom. The van der Waals surface area contributed by atoms with E-state index in [9.17, 15) is 13.2 Å². The summed E-state index contributed by atoms with van der Waals surface area (Å²) in [4.78, 5) is 12.7. The summed E-state index contributed by atoms with van der Waals surface area (Å²) in [5.74, 6) is 1.42. The van der Waals surface area contributed by atoms with Gasteiger partial charge < -0.3 is 14.8 Å². The average molecular weight is 518 g/mol. The van der Waals surface area contributed by atoms with Crippen LogP contribution < -0.4 is 14.8 Å². The van der Waals surface area contributed by atoms with Gasteiger partial charge in [-0.15, -0.1) is 0 Å². The third kappa shape index (κ3) is 6.35. The summed E-state index contributed by atoms with van der Waals surface area (Å²) in [6.45, 7) is 5.68. The van der Waals surface area contributed by atoms with Crippen LogP contribution in [0.4, 0.5) is 5.82 Å². The summed E-state index contributed by atoms with van der Waals surface area (Å²) < 4.78 is 37.2. The van der Waals surface area contributed by atoms with E-state index in [2.05, 4.69) is 10.4 Å². The molecule has 0 unspecified atom stereocenters. The molecule has 1 amide bonds. The summed E-state index contributed by atoms with van der Waals surface area (Å²) >= 11 is 5.88. The first kappa shape index (κ1) is 25.1. The number of rotatable bonds is 8. The number of ether oxygens (including phenoxy) is 2. The molecule has 1 aliphatic rings. The van der Waals surface area contributed by atoms with Crippen molar-refractivity contribution in [2.45, 2.75) is 39.3 Å². The maximum atomic E-state index is 12.7. The number of hydrogen-bond donors (Lipinski definition) is 1. The number of benzene rings is 2. The molecule has 2 aromatic carbocycles. The zero-order chi connectivity index (χ0) is 25.2. The van der Waals surface area contributed by atoms with Gasteiger partial charge in [0.05, 0.1) is 29.3 Å². The van der Waals surface area contributed by atoms with E-state index in [0.29, 0.717) is 28.7 Å². The van der Waals surface area contributed by atoms with Gasteiger partial charge in [0, 0.05) is 16.7 Å². The number of nitrogens with zero attached hydrogens (tertiary/aromatic N) is 2. The monoisotopic (exact) mass is 517 g/mol. The summed E-state index contributed by atoms with van der Waals surface area (Å²) in [5.41, 5.74) is 2.42. The molecule has 1 saturated heterocycles. The van der Waals surface area contributed by atoms with Crippen LogP contribution >= 0.6 is 11.6 Å². The Kier molecular flexibility index (Phi) is 7.37. The van der Waals surface area contributed by atoms with E-state index in [0.717, 1.165) is 16.9 Å². The molecule has 1 N–H and O–H groups in total. The zero-order valence-electron chi connectivity index (χ0n) is 19.8. The molecule has 1 fully saturated rings. The molecule has 4 rings (SSSR count). The van der Waals surface area contributed by atoms with Crippen molar-refractivity contribution in [1.82, 2.24) is 9.78 Å². The van der Waals surface area contributed by atoms with Crippen LogP contribution in [0.15, 0.2) is 48.5 Å². The number of hydrogen-bond acceptors (Lipinski definition) is 6. The smallest absolute Gasteiger partial charge is 0.263 e. The predicted molar refractivity (Wildman–Crippen MR) is 136 cm³/mol. The molecule has 186 valence electrons. The number of nitrogens with one attached hydrogen (secondary N) is 1. The minimum Gasteiger partial charge on any atom is -0.491 e. The number of sulfone groups is 1. The fourth-order valence-corrected chi connectivity index (χ4v) is 5.75. The molecule has 2 heterocycles. The van der Waals surface area contributed by atoms with Gasteiger partial charge in [0.2, 0.25) is 0 Å². The normalized spacial score (nSPS) is 16.9. The largest absolute Gasteiger partial charge is 0.491 e. The quantitative estimate of drug-likeness (QED) is 0.466. The van der Waals surface area contributed by atoms with Gasteiger partial charge in [0.1, 0.15) is 17.3 Å². The Labute approximate surface area is 210 Å². The van der Waals surface area contributed by atoms with Crippen molar-refractivity contribution < 1.29 is 22.7 Å². The van der Waals surface area contributed by atoms with Crippen LogP contribution in [0.5, 0.6) is 11.5 Å². The molecule has 10 heteroatoms. The Balaban J connectivity index is 1.57. The molecule has 35 heavy (non-hydrogen) atoms. The highest BCUT2D eigenvalue weighted by atomic mass is 35.5. The predicted octanol–water partition coefficient (Wildman–Crippen LogP) is 4.68. The van der Waals surface area contributed by atoms with Crippen molar-refractivity contribution >= 4 is 33.2 Å². The topological polar surface area (TPSA) is 99.5 Å². The summed E-state index contributed by atoms with van der Waals surface area (Å²) in [7, 11) is -3.14. The molecule has 1 aromatic heterocycles. The summed E-state index contributed by atoms with van der Waals surface area (Å²) in [6, 6.07) is 13.9. The SMILES string of the molecule is Cc1cc(-c2cc(NC(=O)COc3ccc(Cl)cc3)n([C@H]3CCS(=O)(=O)C3)n2)ccc1OC(C)C. The van der Waals surface area contributed by atoms with Crippen molar-refractivity contribution in [2.75, 3.05) is 23.4 Å². The van der Waals surface area contributed by atoms with E-state index in [1.807, 2.05) is 39.0 Å². The molecule has 0 saturated carbocycles. The van der Waals surface area contributed by atoms with E-state index in [1.54, 1.807) is 35.0 Å². The molecule has 8 nitrogen and oxygen atoms in total. The fraction of sp³-hybridized carbons (Fsp3) is 0.360. The Hall–Kier alpha value is -3.04. The molecular formula is C25H28ClN3O5S. The van der Waals surface area contributed by atoms with Crippen LogP contribution in [0, 0.1) is 6.92 Å². The van der Waals surface area contributed by atoms with E-state index in [-0.39, 0.29) is 36.2 Å². The first-order valence-corrected chi connectivity index (χ1v) is 13.6. The lowest BCUT2D eigenvalue weighted by molar-refractivity contribution is -0.118. The standard InChI is InChI=1S/C25H28ClN3O5S/c1-16(2)34-23-9-4-18(12-17(23)3)22-13-24(29(28-22)20-10-11-35(31,32)15-20)27-25(30)14-33-21-7-5-19(26)6-8-21/h4-9,12-13,16,20H,10-11,14-15H2,1-3H3,(H,27,30)/t20-/m0/s1. The van der Waals surface area contributed by atoms with Crippen molar-refractivity contribution in [3.63, 3.8) is 0 Å². The number of aryl methyl sites for hydroxylation is 1. The molecule has 3 aromatic rings. The van der Waals surface area contributed by atoms with Gasteiger partial charge in [0.15, 0.2) is 16.4 Å². The van der Waals surface area contributed by atoms with Crippen molar-refractivity contribution in [1.29, 1.82) is 0 Å². The number of amides is 1. The fourth-order valence-electron chi connectivity index (χ4n) is 3.93. The molecule has 1 aliphatic heterocycles. The molecular weight excluding hydrogens is 490 g/mol. The molecule has 0 spiro atoms. The molecule has 0 aliphatic carbocycles. The highest BCUT2D eigenvalue weighted by Gasteiger charge is 2.32. The van der Waals surface area contributed by atoms with Crippen molar-refractivity contribution in [3.05, 3.63) is 59.1 Å². The van der Waals surface area contributed by atoms with Crippen molar-refractivity contribution in [2.24, 2.45) is 0 Å². The maximum absolute atomic E-state index is 12.7. The lowest BCUT2D eigenvalue weighted by Gasteiger charge is -2.14. The van der Waals surface area contributed by atoms with Gasteiger partial charge in [-0.25, -0.2) is 13.1 Å². The lowest BCUT2D eigenvalue weighted by atomic mass is 10.1. The van der Waals surface area contributed by atoms with Gasteiger partial charge in [-0.3, -0.25) is 4.79 Å². The molecule has 0 bridgehead atoms.